The molecule has 158 valence electrons. The van der Waals surface area contributed by atoms with Gasteiger partial charge in [-0.2, -0.15) is 11.8 Å². The van der Waals surface area contributed by atoms with Gasteiger partial charge >= 0.3 is 0 Å². The van der Waals surface area contributed by atoms with Crippen LogP contribution in [0.25, 0.3) is 6.08 Å². The number of nitrogens with one attached hydrogen (secondary N) is 1. The SMILES string of the molecule is CCCCSCCCNC(=O)CN1C(=O)C(=Cc2ccccc2)Oc2ccccc21. The second-order valence-electron chi connectivity index (χ2n) is 7.05. The fraction of sp³-hybridized carbons (Fsp3) is 0.333. The van der Waals surface area contributed by atoms with Crippen molar-refractivity contribution in [2.24, 2.45) is 0 Å². The normalized spacial score (nSPS) is 14.4. The van der Waals surface area contributed by atoms with Crippen LogP contribution in [0.1, 0.15) is 31.7 Å². The van der Waals surface area contributed by atoms with E-state index in [-0.39, 0.29) is 24.1 Å². The molecular weight excluding hydrogens is 396 g/mol. The number of benzene rings is 2. The Kier molecular flexibility index (Phi) is 8.39. The number of hydrogen-bond donors (Lipinski definition) is 1. The summed E-state index contributed by atoms with van der Waals surface area (Å²) in [5, 5.41) is 2.93. The predicted molar refractivity (Wildman–Crippen MR) is 124 cm³/mol. The third-order valence-corrected chi connectivity index (χ3v) is 5.82. The van der Waals surface area contributed by atoms with Crippen molar-refractivity contribution < 1.29 is 14.3 Å². The lowest BCUT2D eigenvalue weighted by Gasteiger charge is -2.30. The number of anilines is 1. The van der Waals surface area contributed by atoms with Crippen LogP contribution in [0, 0.1) is 0 Å². The second-order valence-corrected chi connectivity index (χ2v) is 8.27. The zero-order valence-electron chi connectivity index (χ0n) is 17.3. The van der Waals surface area contributed by atoms with E-state index >= 15 is 0 Å². The largest absolute Gasteiger partial charge is 0.449 e. The Balaban J connectivity index is 1.63. The van der Waals surface area contributed by atoms with E-state index in [9.17, 15) is 9.59 Å². The van der Waals surface area contributed by atoms with Gasteiger partial charge in [-0.15, -0.1) is 0 Å². The molecule has 6 heteroatoms. The van der Waals surface area contributed by atoms with Crippen molar-refractivity contribution in [2.75, 3.05) is 29.5 Å². The first-order chi connectivity index (χ1) is 14.7. The highest BCUT2D eigenvalue weighted by Gasteiger charge is 2.31. The topological polar surface area (TPSA) is 58.6 Å². The van der Waals surface area contributed by atoms with E-state index < -0.39 is 0 Å². The number of fused-ring (bicyclic) bond motifs is 1. The molecule has 0 fully saturated rings. The third-order valence-electron chi connectivity index (χ3n) is 4.66. The molecule has 0 aromatic heterocycles. The van der Waals surface area contributed by atoms with Crippen LogP contribution in [0.15, 0.2) is 60.4 Å². The molecule has 2 aromatic carbocycles. The summed E-state index contributed by atoms with van der Waals surface area (Å²) >= 11 is 1.92. The Morgan fingerprint density at radius 3 is 2.60 bits per heavy atom. The van der Waals surface area contributed by atoms with Gasteiger partial charge in [0.05, 0.1) is 5.69 Å². The van der Waals surface area contributed by atoms with Crippen LogP contribution < -0.4 is 15.0 Å². The van der Waals surface area contributed by atoms with Gasteiger partial charge in [-0.05, 0) is 48.1 Å². The van der Waals surface area contributed by atoms with Crippen molar-refractivity contribution in [3.8, 4) is 5.75 Å². The van der Waals surface area contributed by atoms with Gasteiger partial charge in [-0.25, -0.2) is 0 Å². The average molecular weight is 425 g/mol. The molecule has 1 N–H and O–H groups in total. The molecule has 1 heterocycles. The highest BCUT2D eigenvalue weighted by Crippen LogP contribution is 2.35. The molecule has 0 bridgehead atoms. The van der Waals surface area contributed by atoms with Gasteiger partial charge in [0, 0.05) is 6.54 Å². The van der Waals surface area contributed by atoms with Gasteiger partial charge in [0.1, 0.15) is 6.54 Å². The van der Waals surface area contributed by atoms with Crippen molar-refractivity contribution in [1.29, 1.82) is 0 Å². The average Bonchev–Trinajstić information content (AvgIpc) is 2.76. The fourth-order valence-electron chi connectivity index (χ4n) is 3.07. The number of amides is 2. The minimum Gasteiger partial charge on any atom is -0.449 e. The predicted octanol–water partition coefficient (Wildman–Crippen LogP) is 4.49. The minimum absolute atomic E-state index is 0.0334. The highest BCUT2D eigenvalue weighted by atomic mass is 32.2. The Morgan fingerprint density at radius 1 is 1.07 bits per heavy atom. The zero-order chi connectivity index (χ0) is 21.2. The molecule has 5 nitrogen and oxygen atoms in total. The molecule has 0 aliphatic carbocycles. The van der Waals surface area contributed by atoms with E-state index in [2.05, 4.69) is 12.2 Å². The molecule has 0 unspecified atom stereocenters. The molecule has 0 radical (unpaired) electrons. The minimum atomic E-state index is -0.317. The lowest BCUT2D eigenvalue weighted by Crippen LogP contribution is -2.44. The van der Waals surface area contributed by atoms with E-state index in [1.54, 1.807) is 18.2 Å². The summed E-state index contributed by atoms with van der Waals surface area (Å²) in [6.45, 7) is 2.77. The molecule has 0 spiro atoms. The maximum absolute atomic E-state index is 13.1. The van der Waals surface area contributed by atoms with Gasteiger partial charge < -0.3 is 10.1 Å². The van der Waals surface area contributed by atoms with Gasteiger partial charge in [-0.3, -0.25) is 14.5 Å². The fourth-order valence-corrected chi connectivity index (χ4v) is 4.12. The highest BCUT2D eigenvalue weighted by molar-refractivity contribution is 7.99. The first-order valence-electron chi connectivity index (χ1n) is 10.4. The molecule has 30 heavy (non-hydrogen) atoms. The van der Waals surface area contributed by atoms with Crippen LogP contribution in [-0.4, -0.2) is 36.4 Å². The second kappa shape index (κ2) is 11.5. The number of para-hydroxylation sites is 2. The summed E-state index contributed by atoms with van der Waals surface area (Å²) in [6.07, 6.45) is 5.07. The summed E-state index contributed by atoms with van der Waals surface area (Å²) in [7, 11) is 0. The van der Waals surface area contributed by atoms with Crippen molar-refractivity contribution >= 4 is 35.3 Å². The van der Waals surface area contributed by atoms with Gasteiger partial charge in [0.2, 0.25) is 5.91 Å². The number of carbonyl (C=O) groups excluding carboxylic acids is 2. The van der Waals surface area contributed by atoms with Crippen LogP contribution in [-0.2, 0) is 9.59 Å². The number of rotatable bonds is 10. The molecular formula is C24H28N2O3S. The van der Waals surface area contributed by atoms with E-state index in [4.69, 9.17) is 4.74 Å². The maximum Gasteiger partial charge on any atom is 0.294 e. The van der Waals surface area contributed by atoms with E-state index in [0.717, 1.165) is 17.7 Å². The van der Waals surface area contributed by atoms with E-state index in [1.807, 2.05) is 54.2 Å². The first-order valence-corrected chi connectivity index (χ1v) is 11.5. The Hall–Kier alpha value is -2.73. The summed E-state index contributed by atoms with van der Waals surface area (Å²) in [5.74, 6) is 2.49. The maximum atomic E-state index is 13.1. The van der Waals surface area contributed by atoms with Crippen molar-refractivity contribution in [2.45, 2.75) is 26.2 Å². The van der Waals surface area contributed by atoms with E-state index in [1.165, 1.54) is 23.5 Å². The smallest absolute Gasteiger partial charge is 0.294 e. The Labute approximate surface area is 182 Å². The van der Waals surface area contributed by atoms with Crippen LogP contribution in [0.4, 0.5) is 5.69 Å². The summed E-state index contributed by atoms with van der Waals surface area (Å²) < 4.78 is 5.84. The zero-order valence-corrected chi connectivity index (χ0v) is 18.1. The first kappa shape index (κ1) is 22.0. The molecule has 0 saturated carbocycles. The van der Waals surface area contributed by atoms with Crippen LogP contribution in [0.5, 0.6) is 5.75 Å². The summed E-state index contributed by atoms with van der Waals surface area (Å²) in [6, 6.07) is 16.8. The third kappa shape index (κ3) is 6.13. The number of thioether (sulfide) groups is 1. The number of nitrogens with zero attached hydrogens (tertiary/aromatic N) is 1. The monoisotopic (exact) mass is 424 g/mol. The lowest BCUT2D eigenvalue weighted by atomic mass is 10.1. The summed E-state index contributed by atoms with van der Waals surface area (Å²) in [5.41, 5.74) is 1.48. The molecule has 1 aliphatic rings. The molecule has 2 aromatic rings. The van der Waals surface area contributed by atoms with Crippen LogP contribution in [0.2, 0.25) is 0 Å². The molecule has 0 atom stereocenters. The molecule has 3 rings (SSSR count). The number of ether oxygens (including phenoxy) is 1. The Bertz CT molecular complexity index is 883. The summed E-state index contributed by atoms with van der Waals surface area (Å²) in [4.78, 5) is 27.0. The van der Waals surface area contributed by atoms with Crippen molar-refractivity contribution in [3.05, 3.63) is 65.9 Å². The number of carbonyl (C=O) groups is 2. The van der Waals surface area contributed by atoms with Crippen molar-refractivity contribution in [3.63, 3.8) is 0 Å². The lowest BCUT2D eigenvalue weighted by molar-refractivity contribution is -0.123. The molecule has 1 aliphatic heterocycles. The van der Waals surface area contributed by atoms with Crippen LogP contribution >= 0.6 is 11.8 Å². The van der Waals surface area contributed by atoms with Gasteiger partial charge in [0.15, 0.2) is 11.5 Å². The van der Waals surface area contributed by atoms with Gasteiger partial charge in [0.25, 0.3) is 5.91 Å². The molecule has 0 saturated heterocycles. The van der Waals surface area contributed by atoms with Crippen molar-refractivity contribution in [1.82, 2.24) is 5.32 Å². The Morgan fingerprint density at radius 2 is 1.80 bits per heavy atom. The molecule has 2 amide bonds. The quantitative estimate of drug-likeness (QED) is 0.451. The standard InChI is InChI=1S/C24H28N2O3S/c1-2-3-15-30-16-9-14-25-23(27)18-26-20-12-7-8-13-21(20)29-22(24(26)28)17-19-10-5-4-6-11-19/h4-8,10-13,17H,2-3,9,14-16,18H2,1H3,(H,25,27). The van der Waals surface area contributed by atoms with Crippen LogP contribution in [0.3, 0.4) is 0 Å². The number of unbranched alkanes of at least 4 members (excludes halogenated alkanes) is 1. The van der Waals surface area contributed by atoms with E-state index in [0.29, 0.717) is 18.0 Å². The number of hydrogen-bond acceptors (Lipinski definition) is 4. The van der Waals surface area contributed by atoms with Gasteiger partial charge in [-0.1, -0.05) is 55.8 Å².